The molecule has 1 aromatic carbocycles. The molecule has 1 aliphatic rings. The normalized spacial score (nSPS) is 18.0. The Kier molecular flexibility index (Phi) is 5.19. The van der Waals surface area contributed by atoms with Crippen molar-refractivity contribution in [3.63, 3.8) is 0 Å². The first-order valence-corrected chi connectivity index (χ1v) is 6.96. The van der Waals surface area contributed by atoms with Crippen LogP contribution in [0.1, 0.15) is 24.4 Å². The van der Waals surface area contributed by atoms with Gasteiger partial charge in [-0.1, -0.05) is 23.7 Å². The van der Waals surface area contributed by atoms with Crippen molar-refractivity contribution in [2.75, 3.05) is 19.7 Å². The molecule has 5 heteroatoms. The molecule has 104 valence electrons. The number of rotatable bonds is 4. The Hall–Kier alpha value is -1.10. The van der Waals surface area contributed by atoms with Gasteiger partial charge in [-0.3, -0.25) is 4.79 Å². The number of aliphatic hydroxyl groups excluding tert-OH is 1. The largest absolute Gasteiger partial charge is 0.394 e. The van der Waals surface area contributed by atoms with Gasteiger partial charge in [0.25, 0.3) is 0 Å². The van der Waals surface area contributed by atoms with Gasteiger partial charge in [-0.15, -0.1) is 0 Å². The van der Waals surface area contributed by atoms with Crippen LogP contribution < -0.4 is 10.6 Å². The minimum Gasteiger partial charge on any atom is -0.394 e. The summed E-state index contributed by atoms with van der Waals surface area (Å²) in [6.45, 7) is 1.64. The molecular formula is C14H19ClN2O2. The molecule has 1 aromatic rings. The van der Waals surface area contributed by atoms with Crippen LogP contribution in [0.4, 0.5) is 0 Å². The molecule has 3 N–H and O–H groups in total. The first kappa shape index (κ1) is 14.3. The number of carbonyl (C=O) groups is 1. The quantitative estimate of drug-likeness (QED) is 0.784. The molecule has 1 fully saturated rings. The number of benzene rings is 1. The minimum atomic E-state index is -0.361. The smallest absolute Gasteiger partial charge is 0.223 e. The number of hydrogen-bond acceptors (Lipinski definition) is 3. The lowest BCUT2D eigenvalue weighted by atomic mass is 9.96. The first-order chi connectivity index (χ1) is 9.20. The average Bonchev–Trinajstić information content (AvgIpc) is 2.46. The van der Waals surface area contributed by atoms with Gasteiger partial charge in [0.2, 0.25) is 5.91 Å². The molecule has 0 aliphatic carbocycles. The van der Waals surface area contributed by atoms with Gasteiger partial charge in [0.05, 0.1) is 12.6 Å². The van der Waals surface area contributed by atoms with Crippen molar-refractivity contribution >= 4 is 17.5 Å². The van der Waals surface area contributed by atoms with Crippen LogP contribution in [-0.2, 0) is 4.79 Å². The fourth-order valence-electron chi connectivity index (χ4n) is 2.30. The van der Waals surface area contributed by atoms with E-state index in [1.165, 1.54) is 0 Å². The predicted octanol–water partition coefficient (Wildman–Crippen LogP) is 1.49. The fraction of sp³-hybridized carbons (Fsp3) is 0.500. The number of carbonyl (C=O) groups excluding carboxylic acids is 1. The summed E-state index contributed by atoms with van der Waals surface area (Å²) < 4.78 is 0. The van der Waals surface area contributed by atoms with E-state index in [1.54, 1.807) is 12.1 Å². The minimum absolute atomic E-state index is 0.0236. The average molecular weight is 283 g/mol. The third-order valence-corrected chi connectivity index (χ3v) is 3.73. The molecule has 2 rings (SSSR count). The second-order valence-corrected chi connectivity index (χ2v) is 5.26. The Labute approximate surface area is 118 Å². The van der Waals surface area contributed by atoms with E-state index in [0.717, 1.165) is 31.5 Å². The van der Waals surface area contributed by atoms with Crippen molar-refractivity contribution in [1.82, 2.24) is 10.6 Å². The highest BCUT2D eigenvalue weighted by atomic mass is 35.5. The van der Waals surface area contributed by atoms with Crippen molar-refractivity contribution in [3.8, 4) is 0 Å². The van der Waals surface area contributed by atoms with Crippen LogP contribution in [-0.4, -0.2) is 30.7 Å². The topological polar surface area (TPSA) is 61.4 Å². The van der Waals surface area contributed by atoms with Crippen molar-refractivity contribution in [3.05, 3.63) is 34.9 Å². The zero-order chi connectivity index (χ0) is 13.7. The van der Waals surface area contributed by atoms with E-state index in [1.807, 2.05) is 12.1 Å². The highest BCUT2D eigenvalue weighted by molar-refractivity contribution is 6.30. The Bertz CT molecular complexity index is 416. The van der Waals surface area contributed by atoms with Gasteiger partial charge < -0.3 is 15.7 Å². The number of amides is 1. The molecule has 0 radical (unpaired) electrons. The van der Waals surface area contributed by atoms with Crippen molar-refractivity contribution in [1.29, 1.82) is 0 Å². The van der Waals surface area contributed by atoms with Crippen LogP contribution in [0.15, 0.2) is 24.3 Å². The maximum absolute atomic E-state index is 12.1. The van der Waals surface area contributed by atoms with Crippen LogP contribution in [0.2, 0.25) is 5.02 Å². The Morgan fingerprint density at radius 2 is 2.00 bits per heavy atom. The predicted molar refractivity (Wildman–Crippen MR) is 75.0 cm³/mol. The molecule has 4 nitrogen and oxygen atoms in total. The zero-order valence-electron chi connectivity index (χ0n) is 10.7. The van der Waals surface area contributed by atoms with E-state index in [0.29, 0.717) is 5.02 Å². The van der Waals surface area contributed by atoms with Gasteiger partial charge in [0.1, 0.15) is 0 Å². The van der Waals surface area contributed by atoms with Crippen LogP contribution in [0, 0.1) is 5.92 Å². The lowest BCUT2D eigenvalue weighted by molar-refractivity contribution is -0.126. The summed E-state index contributed by atoms with van der Waals surface area (Å²) in [4.78, 5) is 12.1. The Morgan fingerprint density at radius 1 is 1.37 bits per heavy atom. The highest BCUT2D eigenvalue weighted by Crippen LogP contribution is 2.18. The molecule has 19 heavy (non-hydrogen) atoms. The molecule has 1 atom stereocenters. The summed E-state index contributed by atoms with van der Waals surface area (Å²) in [7, 11) is 0. The van der Waals surface area contributed by atoms with Crippen LogP contribution >= 0.6 is 11.6 Å². The Morgan fingerprint density at radius 3 is 2.58 bits per heavy atom. The van der Waals surface area contributed by atoms with Crippen LogP contribution in [0.25, 0.3) is 0 Å². The molecule has 0 bridgehead atoms. The molecule has 0 saturated carbocycles. The second kappa shape index (κ2) is 6.89. The lowest BCUT2D eigenvalue weighted by Crippen LogP contribution is -2.40. The number of nitrogens with one attached hydrogen (secondary N) is 2. The second-order valence-electron chi connectivity index (χ2n) is 4.82. The summed E-state index contributed by atoms with van der Waals surface area (Å²) in [6, 6.07) is 6.81. The van der Waals surface area contributed by atoms with Gasteiger partial charge in [-0.25, -0.2) is 0 Å². The summed E-state index contributed by atoms with van der Waals surface area (Å²) in [6.07, 6.45) is 1.70. The maximum atomic E-state index is 12.1. The molecule has 0 spiro atoms. The highest BCUT2D eigenvalue weighted by Gasteiger charge is 2.23. The summed E-state index contributed by atoms with van der Waals surface area (Å²) in [5.41, 5.74) is 0.870. The van der Waals surface area contributed by atoms with Crippen LogP contribution in [0.3, 0.4) is 0 Å². The SMILES string of the molecule is O=C(NC(CO)c1ccc(Cl)cc1)C1CCNCC1. The fourth-order valence-corrected chi connectivity index (χ4v) is 2.43. The van der Waals surface area contributed by atoms with E-state index in [2.05, 4.69) is 10.6 Å². The number of aliphatic hydroxyl groups is 1. The van der Waals surface area contributed by atoms with E-state index >= 15 is 0 Å². The van der Waals surface area contributed by atoms with E-state index in [-0.39, 0.29) is 24.5 Å². The lowest BCUT2D eigenvalue weighted by Gasteiger charge is -2.25. The summed E-state index contributed by atoms with van der Waals surface area (Å²) in [5.74, 6) is 0.0677. The van der Waals surface area contributed by atoms with Gasteiger partial charge in [-0.2, -0.15) is 0 Å². The van der Waals surface area contributed by atoms with E-state index in [4.69, 9.17) is 11.6 Å². The molecule has 1 unspecified atom stereocenters. The Balaban J connectivity index is 1.98. The van der Waals surface area contributed by atoms with Gasteiger partial charge in [-0.05, 0) is 43.6 Å². The third-order valence-electron chi connectivity index (χ3n) is 3.48. The summed E-state index contributed by atoms with van der Waals surface area (Å²) in [5, 5.41) is 16.2. The maximum Gasteiger partial charge on any atom is 0.223 e. The molecule has 0 aromatic heterocycles. The monoisotopic (exact) mass is 282 g/mol. The van der Waals surface area contributed by atoms with E-state index < -0.39 is 0 Å². The standard InChI is InChI=1S/C14H19ClN2O2/c15-12-3-1-10(2-4-12)13(9-18)17-14(19)11-5-7-16-8-6-11/h1-4,11,13,16,18H,5-9H2,(H,17,19). The third kappa shape index (κ3) is 3.93. The molecule has 1 heterocycles. The van der Waals surface area contributed by atoms with Crippen molar-refractivity contribution in [2.24, 2.45) is 5.92 Å². The van der Waals surface area contributed by atoms with E-state index in [9.17, 15) is 9.90 Å². The number of halogens is 1. The van der Waals surface area contributed by atoms with Gasteiger partial charge in [0.15, 0.2) is 0 Å². The zero-order valence-corrected chi connectivity index (χ0v) is 11.5. The van der Waals surface area contributed by atoms with Crippen LogP contribution in [0.5, 0.6) is 0 Å². The summed E-state index contributed by atoms with van der Waals surface area (Å²) >= 11 is 5.83. The molecular weight excluding hydrogens is 264 g/mol. The van der Waals surface area contributed by atoms with Crippen molar-refractivity contribution in [2.45, 2.75) is 18.9 Å². The number of hydrogen-bond donors (Lipinski definition) is 3. The molecule has 1 amide bonds. The first-order valence-electron chi connectivity index (χ1n) is 6.58. The molecule has 1 saturated heterocycles. The van der Waals surface area contributed by atoms with Gasteiger partial charge in [0, 0.05) is 10.9 Å². The molecule has 1 aliphatic heterocycles. The van der Waals surface area contributed by atoms with Gasteiger partial charge >= 0.3 is 0 Å². The number of piperidine rings is 1. The van der Waals surface area contributed by atoms with Crippen molar-refractivity contribution < 1.29 is 9.90 Å².